The minimum absolute atomic E-state index is 0.00713. The molecule has 2 heterocycles. The highest BCUT2D eigenvalue weighted by atomic mass is 35.5. The monoisotopic (exact) mass is 298 g/mol. The minimum atomic E-state index is -0.00713. The molecule has 1 saturated heterocycles. The highest BCUT2D eigenvalue weighted by Crippen LogP contribution is 2.12. The van der Waals surface area contributed by atoms with Crippen LogP contribution in [0.25, 0.3) is 0 Å². The fourth-order valence-electron chi connectivity index (χ4n) is 2.36. The van der Waals surface area contributed by atoms with Crippen molar-refractivity contribution in [3.8, 4) is 0 Å². The van der Waals surface area contributed by atoms with E-state index < -0.39 is 0 Å². The normalized spacial score (nSPS) is 16.6. The molecule has 0 unspecified atom stereocenters. The van der Waals surface area contributed by atoms with Crippen LogP contribution in [-0.2, 0) is 6.54 Å². The van der Waals surface area contributed by atoms with E-state index in [1.807, 2.05) is 6.20 Å². The molecular weight excluding hydrogens is 276 g/mol. The van der Waals surface area contributed by atoms with Gasteiger partial charge in [-0.1, -0.05) is 6.42 Å². The van der Waals surface area contributed by atoms with Gasteiger partial charge in [0.15, 0.2) is 0 Å². The number of piperazine rings is 1. The van der Waals surface area contributed by atoms with Gasteiger partial charge in [0.05, 0.1) is 11.9 Å². The summed E-state index contributed by atoms with van der Waals surface area (Å²) in [6, 6.07) is 1.71. The summed E-state index contributed by atoms with van der Waals surface area (Å²) in [6.07, 6.45) is 4.80. The van der Waals surface area contributed by atoms with E-state index in [1.165, 1.54) is 0 Å². The Labute approximate surface area is 125 Å². The number of hydrogen-bond donors (Lipinski definition) is 0. The molecule has 0 amide bonds. The van der Waals surface area contributed by atoms with Crippen molar-refractivity contribution in [3.05, 3.63) is 22.6 Å². The summed E-state index contributed by atoms with van der Waals surface area (Å²) >= 11 is 5.64. The second-order valence-corrected chi connectivity index (χ2v) is 5.69. The van der Waals surface area contributed by atoms with E-state index in [9.17, 15) is 4.79 Å². The van der Waals surface area contributed by atoms with E-state index in [0.717, 1.165) is 51.1 Å². The molecule has 1 aromatic heterocycles. The van der Waals surface area contributed by atoms with Crippen LogP contribution < -0.4 is 10.5 Å². The Bertz CT molecular complexity index is 468. The first-order valence-corrected chi connectivity index (χ1v) is 7.81. The first-order chi connectivity index (χ1) is 9.70. The average Bonchev–Trinajstić information content (AvgIpc) is 2.46. The quantitative estimate of drug-likeness (QED) is 0.588. The van der Waals surface area contributed by atoms with Crippen LogP contribution in [0.2, 0.25) is 0 Å². The third-order valence-corrected chi connectivity index (χ3v) is 3.99. The summed E-state index contributed by atoms with van der Waals surface area (Å²) in [7, 11) is 2.12. The summed E-state index contributed by atoms with van der Waals surface area (Å²) in [5, 5.41) is 4.29. The Morgan fingerprint density at radius 1 is 1.20 bits per heavy atom. The molecule has 0 spiro atoms. The topological polar surface area (TPSA) is 41.4 Å². The van der Waals surface area contributed by atoms with Crippen molar-refractivity contribution in [2.75, 3.05) is 44.0 Å². The molecule has 1 fully saturated rings. The van der Waals surface area contributed by atoms with E-state index in [-0.39, 0.29) is 5.56 Å². The predicted molar refractivity (Wildman–Crippen MR) is 82.8 cm³/mol. The van der Waals surface area contributed by atoms with E-state index >= 15 is 0 Å². The molecule has 6 heteroatoms. The SMILES string of the molecule is CN1CCN(c2cnn(CCCCCCl)c(=O)c2)CC1. The number of aryl methyl sites for hydroxylation is 1. The molecule has 0 radical (unpaired) electrons. The number of likely N-dealkylation sites (N-methyl/N-ethyl adjacent to an activating group) is 1. The Kier molecular flexibility index (Phi) is 5.86. The third-order valence-electron chi connectivity index (χ3n) is 3.73. The molecule has 1 aliphatic rings. The fraction of sp³-hybridized carbons (Fsp3) is 0.714. The predicted octanol–water partition coefficient (Wildman–Crippen LogP) is 1.40. The van der Waals surface area contributed by atoms with Gasteiger partial charge >= 0.3 is 0 Å². The van der Waals surface area contributed by atoms with Gasteiger partial charge in [0.25, 0.3) is 5.56 Å². The number of alkyl halides is 1. The summed E-state index contributed by atoms with van der Waals surface area (Å²) < 4.78 is 1.55. The molecule has 1 aromatic rings. The molecule has 0 aromatic carbocycles. The number of anilines is 1. The molecule has 2 rings (SSSR count). The summed E-state index contributed by atoms with van der Waals surface area (Å²) in [4.78, 5) is 16.6. The molecule has 0 aliphatic carbocycles. The average molecular weight is 299 g/mol. The minimum Gasteiger partial charge on any atom is -0.368 e. The van der Waals surface area contributed by atoms with Crippen LogP contribution in [0.1, 0.15) is 19.3 Å². The zero-order valence-corrected chi connectivity index (χ0v) is 12.8. The van der Waals surface area contributed by atoms with Crippen LogP contribution in [0.4, 0.5) is 5.69 Å². The zero-order valence-electron chi connectivity index (χ0n) is 12.1. The second-order valence-electron chi connectivity index (χ2n) is 5.32. The number of unbranched alkanes of at least 4 members (excludes halogenated alkanes) is 2. The van der Waals surface area contributed by atoms with Gasteiger partial charge in [0.2, 0.25) is 0 Å². The summed E-state index contributed by atoms with van der Waals surface area (Å²) in [5.74, 6) is 0.685. The lowest BCUT2D eigenvalue weighted by Crippen LogP contribution is -2.45. The van der Waals surface area contributed by atoms with Crippen LogP contribution in [0, 0.1) is 0 Å². The maximum Gasteiger partial charge on any atom is 0.268 e. The lowest BCUT2D eigenvalue weighted by atomic mass is 10.2. The van der Waals surface area contributed by atoms with Gasteiger partial charge in [-0.3, -0.25) is 4.79 Å². The van der Waals surface area contributed by atoms with Crippen molar-refractivity contribution >= 4 is 17.3 Å². The molecular formula is C14H23ClN4O. The standard InChI is InChI=1S/C14H23ClN4O/c1-17-7-9-18(10-8-17)13-11-14(20)19(16-12-13)6-4-2-3-5-15/h11-12H,2-10H2,1H3. The van der Waals surface area contributed by atoms with Crippen molar-refractivity contribution < 1.29 is 0 Å². The van der Waals surface area contributed by atoms with Crippen molar-refractivity contribution in [1.82, 2.24) is 14.7 Å². The molecule has 1 aliphatic heterocycles. The Hall–Kier alpha value is -1.07. The van der Waals surface area contributed by atoms with E-state index in [2.05, 4.69) is 21.9 Å². The van der Waals surface area contributed by atoms with Crippen LogP contribution in [0.15, 0.2) is 17.1 Å². The Balaban J connectivity index is 1.93. The largest absolute Gasteiger partial charge is 0.368 e. The van der Waals surface area contributed by atoms with Gasteiger partial charge in [0, 0.05) is 44.7 Å². The highest BCUT2D eigenvalue weighted by molar-refractivity contribution is 6.17. The van der Waals surface area contributed by atoms with Gasteiger partial charge in [0.1, 0.15) is 0 Å². The van der Waals surface area contributed by atoms with Crippen molar-refractivity contribution in [2.45, 2.75) is 25.8 Å². The number of rotatable bonds is 6. The number of halogens is 1. The van der Waals surface area contributed by atoms with Crippen molar-refractivity contribution in [1.29, 1.82) is 0 Å². The second kappa shape index (κ2) is 7.64. The van der Waals surface area contributed by atoms with Gasteiger partial charge in [-0.25, -0.2) is 4.68 Å². The summed E-state index contributed by atoms with van der Waals surface area (Å²) in [5.41, 5.74) is 0.937. The Morgan fingerprint density at radius 3 is 2.60 bits per heavy atom. The van der Waals surface area contributed by atoms with E-state index in [4.69, 9.17) is 11.6 Å². The first kappa shape index (κ1) is 15.3. The van der Waals surface area contributed by atoms with E-state index in [0.29, 0.717) is 12.4 Å². The smallest absolute Gasteiger partial charge is 0.268 e. The molecule has 0 bridgehead atoms. The van der Waals surface area contributed by atoms with Crippen molar-refractivity contribution in [3.63, 3.8) is 0 Å². The molecule has 20 heavy (non-hydrogen) atoms. The molecule has 112 valence electrons. The third kappa shape index (κ3) is 4.21. The number of aromatic nitrogens is 2. The van der Waals surface area contributed by atoms with Gasteiger partial charge < -0.3 is 9.80 Å². The zero-order chi connectivity index (χ0) is 14.4. The van der Waals surface area contributed by atoms with Gasteiger partial charge in [-0.2, -0.15) is 5.10 Å². The van der Waals surface area contributed by atoms with E-state index in [1.54, 1.807) is 10.7 Å². The van der Waals surface area contributed by atoms with Crippen LogP contribution in [0.5, 0.6) is 0 Å². The number of hydrogen-bond acceptors (Lipinski definition) is 4. The maximum absolute atomic E-state index is 12.0. The molecule has 5 nitrogen and oxygen atoms in total. The summed E-state index contributed by atoms with van der Waals surface area (Å²) in [6.45, 7) is 4.65. The van der Waals surface area contributed by atoms with Crippen molar-refractivity contribution in [2.24, 2.45) is 0 Å². The highest BCUT2D eigenvalue weighted by Gasteiger charge is 2.15. The Morgan fingerprint density at radius 2 is 1.95 bits per heavy atom. The first-order valence-electron chi connectivity index (χ1n) is 7.27. The van der Waals surface area contributed by atoms with Gasteiger partial charge in [-0.05, 0) is 19.9 Å². The van der Waals surface area contributed by atoms with Gasteiger partial charge in [-0.15, -0.1) is 11.6 Å². The lowest BCUT2D eigenvalue weighted by molar-refractivity contribution is 0.312. The maximum atomic E-state index is 12.0. The molecule has 0 N–H and O–H groups in total. The number of nitrogens with zero attached hydrogens (tertiary/aromatic N) is 4. The van der Waals surface area contributed by atoms with Crippen LogP contribution in [-0.4, -0.2) is 53.8 Å². The molecule has 0 saturated carbocycles. The molecule has 0 atom stereocenters. The van der Waals surface area contributed by atoms with Crippen LogP contribution in [0.3, 0.4) is 0 Å². The lowest BCUT2D eigenvalue weighted by Gasteiger charge is -2.33. The van der Waals surface area contributed by atoms with Crippen LogP contribution >= 0.6 is 11.6 Å². The fourth-order valence-corrected chi connectivity index (χ4v) is 2.55.